The Balaban J connectivity index is 1.75. The number of nitrogens with zero attached hydrogens (tertiary/aromatic N) is 1. The number of likely N-dealkylation sites (tertiary alicyclic amines) is 1. The van der Waals surface area contributed by atoms with Crippen molar-refractivity contribution in [1.29, 1.82) is 0 Å². The second-order valence-electron chi connectivity index (χ2n) is 5.90. The summed E-state index contributed by atoms with van der Waals surface area (Å²) in [6, 6.07) is 8.19. The highest BCUT2D eigenvalue weighted by Gasteiger charge is 2.32. The Morgan fingerprint density at radius 2 is 2.19 bits per heavy atom. The highest BCUT2D eigenvalue weighted by molar-refractivity contribution is 5.75. The van der Waals surface area contributed by atoms with Gasteiger partial charge in [0.15, 0.2) is 0 Å². The van der Waals surface area contributed by atoms with E-state index in [4.69, 9.17) is 9.47 Å². The first-order valence-electron chi connectivity index (χ1n) is 7.83. The van der Waals surface area contributed by atoms with Crippen LogP contribution in [0.3, 0.4) is 0 Å². The third-order valence-electron chi connectivity index (χ3n) is 4.62. The van der Waals surface area contributed by atoms with Crippen molar-refractivity contribution in [2.45, 2.75) is 37.6 Å². The van der Waals surface area contributed by atoms with Crippen LogP contribution in [0.2, 0.25) is 0 Å². The first kappa shape index (κ1) is 14.4. The number of benzene rings is 1. The van der Waals surface area contributed by atoms with E-state index in [-0.39, 0.29) is 12.0 Å². The number of fused-ring (bicyclic) bond motifs is 1. The molecule has 4 heteroatoms. The van der Waals surface area contributed by atoms with Crippen molar-refractivity contribution >= 4 is 5.97 Å². The molecular weight excluding hydrogens is 266 g/mol. The molecule has 1 unspecified atom stereocenters. The summed E-state index contributed by atoms with van der Waals surface area (Å²) >= 11 is 0. The van der Waals surface area contributed by atoms with Gasteiger partial charge in [-0.1, -0.05) is 24.6 Å². The molecule has 0 N–H and O–H groups in total. The van der Waals surface area contributed by atoms with E-state index < -0.39 is 0 Å². The number of piperidine rings is 1. The molecule has 4 nitrogen and oxygen atoms in total. The lowest BCUT2D eigenvalue weighted by molar-refractivity contribution is -0.148. The van der Waals surface area contributed by atoms with Crippen molar-refractivity contribution in [3.8, 4) is 5.75 Å². The van der Waals surface area contributed by atoms with Crippen LogP contribution >= 0.6 is 0 Å². The molecule has 2 heterocycles. The van der Waals surface area contributed by atoms with E-state index in [0.717, 1.165) is 44.7 Å². The predicted octanol–water partition coefficient (Wildman–Crippen LogP) is 2.58. The van der Waals surface area contributed by atoms with Gasteiger partial charge in [0.2, 0.25) is 0 Å². The highest BCUT2D eigenvalue weighted by atomic mass is 16.5. The summed E-state index contributed by atoms with van der Waals surface area (Å²) in [5.74, 6) is 1.36. The van der Waals surface area contributed by atoms with E-state index >= 15 is 0 Å². The van der Waals surface area contributed by atoms with Crippen LogP contribution in [0.5, 0.6) is 5.75 Å². The maximum absolute atomic E-state index is 12.0. The molecule has 21 heavy (non-hydrogen) atoms. The number of ether oxygens (including phenoxy) is 2. The van der Waals surface area contributed by atoms with E-state index in [1.807, 2.05) is 12.1 Å². The zero-order valence-electron chi connectivity index (χ0n) is 12.6. The average Bonchev–Trinajstić information content (AvgIpc) is 2.55. The van der Waals surface area contributed by atoms with E-state index in [1.165, 1.54) is 19.1 Å². The number of carbonyl (C=O) groups excluding carboxylic acids is 1. The van der Waals surface area contributed by atoms with Crippen LogP contribution in [0.25, 0.3) is 0 Å². The summed E-state index contributed by atoms with van der Waals surface area (Å²) in [5.41, 5.74) is 1.28. The van der Waals surface area contributed by atoms with Gasteiger partial charge in [0.05, 0.1) is 13.7 Å². The van der Waals surface area contributed by atoms with Crippen LogP contribution in [0.4, 0.5) is 0 Å². The van der Waals surface area contributed by atoms with Gasteiger partial charge in [0, 0.05) is 12.5 Å². The molecule has 1 aromatic rings. The van der Waals surface area contributed by atoms with Gasteiger partial charge in [-0.05, 0) is 37.4 Å². The molecule has 2 aliphatic heterocycles. The van der Waals surface area contributed by atoms with Crippen molar-refractivity contribution < 1.29 is 14.3 Å². The molecule has 114 valence electrons. The molecule has 0 saturated carbocycles. The standard InChI is InChI=1S/C17H23NO3/c1-20-17(19)15-7-4-5-10-18(15)12-13-9-11-21-16-8-3-2-6-14(13)16/h2-3,6,8,13,15H,4-5,7,9-12H2,1H3/t13?,15-/m1/s1. The molecule has 2 aliphatic rings. The fourth-order valence-corrected chi connectivity index (χ4v) is 3.50. The summed E-state index contributed by atoms with van der Waals surface area (Å²) in [7, 11) is 1.48. The Morgan fingerprint density at radius 1 is 1.33 bits per heavy atom. The van der Waals surface area contributed by atoms with Crippen LogP contribution in [0, 0.1) is 0 Å². The Bertz CT molecular complexity index is 503. The van der Waals surface area contributed by atoms with Crippen molar-refractivity contribution in [2.75, 3.05) is 26.8 Å². The number of carbonyl (C=O) groups is 1. The molecule has 0 bridgehead atoms. The SMILES string of the molecule is COC(=O)[C@H]1CCCCN1CC1CCOc2ccccc21. The molecule has 0 aliphatic carbocycles. The summed E-state index contributed by atoms with van der Waals surface area (Å²) in [6.07, 6.45) is 4.21. The highest BCUT2D eigenvalue weighted by Crippen LogP contribution is 2.35. The average molecular weight is 289 g/mol. The minimum absolute atomic E-state index is 0.0706. The lowest BCUT2D eigenvalue weighted by atomic mass is 9.91. The lowest BCUT2D eigenvalue weighted by Gasteiger charge is -2.37. The third-order valence-corrected chi connectivity index (χ3v) is 4.62. The number of esters is 1. The lowest BCUT2D eigenvalue weighted by Crippen LogP contribution is -2.47. The van der Waals surface area contributed by atoms with Crippen LogP contribution in [-0.2, 0) is 9.53 Å². The molecule has 3 rings (SSSR count). The first-order valence-corrected chi connectivity index (χ1v) is 7.83. The summed E-state index contributed by atoms with van der Waals surface area (Å²) in [6.45, 7) is 2.66. The summed E-state index contributed by atoms with van der Waals surface area (Å²) in [4.78, 5) is 14.3. The number of hydrogen-bond donors (Lipinski definition) is 0. The molecule has 0 radical (unpaired) electrons. The number of hydrogen-bond acceptors (Lipinski definition) is 4. The van der Waals surface area contributed by atoms with Gasteiger partial charge in [-0.3, -0.25) is 9.69 Å². The number of methoxy groups -OCH3 is 1. The second-order valence-corrected chi connectivity index (χ2v) is 5.90. The summed E-state index contributed by atoms with van der Waals surface area (Å²) < 4.78 is 10.7. The van der Waals surface area contributed by atoms with E-state index in [2.05, 4.69) is 17.0 Å². The molecule has 0 aromatic heterocycles. The smallest absolute Gasteiger partial charge is 0.323 e. The Labute approximate surface area is 126 Å². The largest absolute Gasteiger partial charge is 0.493 e. The molecule has 0 spiro atoms. The Hall–Kier alpha value is -1.55. The zero-order chi connectivity index (χ0) is 14.7. The van der Waals surface area contributed by atoms with Crippen molar-refractivity contribution in [1.82, 2.24) is 4.90 Å². The van der Waals surface area contributed by atoms with E-state index in [1.54, 1.807) is 0 Å². The molecule has 1 aromatic carbocycles. The molecular formula is C17H23NO3. The van der Waals surface area contributed by atoms with Gasteiger partial charge >= 0.3 is 5.97 Å². The molecule has 0 amide bonds. The monoisotopic (exact) mass is 289 g/mol. The fraction of sp³-hybridized carbons (Fsp3) is 0.588. The van der Waals surface area contributed by atoms with Gasteiger partial charge in [0.25, 0.3) is 0 Å². The van der Waals surface area contributed by atoms with Gasteiger partial charge in [-0.15, -0.1) is 0 Å². The predicted molar refractivity (Wildman–Crippen MR) is 80.5 cm³/mol. The first-order chi connectivity index (χ1) is 10.3. The minimum atomic E-state index is -0.0879. The Morgan fingerprint density at radius 3 is 3.05 bits per heavy atom. The minimum Gasteiger partial charge on any atom is -0.493 e. The topological polar surface area (TPSA) is 38.8 Å². The molecule has 1 saturated heterocycles. The number of para-hydroxylation sites is 1. The second kappa shape index (κ2) is 6.48. The third kappa shape index (κ3) is 3.05. The van der Waals surface area contributed by atoms with E-state index in [0.29, 0.717) is 5.92 Å². The van der Waals surface area contributed by atoms with Crippen LogP contribution < -0.4 is 4.74 Å². The quantitative estimate of drug-likeness (QED) is 0.802. The maximum atomic E-state index is 12.0. The van der Waals surface area contributed by atoms with Crippen LogP contribution in [-0.4, -0.2) is 43.7 Å². The van der Waals surface area contributed by atoms with Crippen molar-refractivity contribution in [2.24, 2.45) is 0 Å². The van der Waals surface area contributed by atoms with Crippen LogP contribution in [0.15, 0.2) is 24.3 Å². The van der Waals surface area contributed by atoms with Gasteiger partial charge in [-0.2, -0.15) is 0 Å². The van der Waals surface area contributed by atoms with Gasteiger partial charge in [0.1, 0.15) is 11.8 Å². The van der Waals surface area contributed by atoms with Gasteiger partial charge in [-0.25, -0.2) is 0 Å². The summed E-state index contributed by atoms with van der Waals surface area (Å²) in [5, 5.41) is 0. The zero-order valence-corrected chi connectivity index (χ0v) is 12.6. The Kier molecular flexibility index (Phi) is 4.44. The fourth-order valence-electron chi connectivity index (χ4n) is 3.50. The van der Waals surface area contributed by atoms with Gasteiger partial charge < -0.3 is 9.47 Å². The molecule has 1 fully saturated rings. The molecule has 2 atom stereocenters. The normalized spacial score (nSPS) is 25.8. The number of rotatable bonds is 3. The maximum Gasteiger partial charge on any atom is 0.323 e. The van der Waals surface area contributed by atoms with Crippen LogP contribution in [0.1, 0.15) is 37.2 Å². The van der Waals surface area contributed by atoms with E-state index in [9.17, 15) is 4.79 Å². The van der Waals surface area contributed by atoms with Crippen molar-refractivity contribution in [3.05, 3.63) is 29.8 Å². The van der Waals surface area contributed by atoms with Crippen molar-refractivity contribution in [3.63, 3.8) is 0 Å².